The minimum atomic E-state index is -0.905. The van der Waals surface area contributed by atoms with Gasteiger partial charge in [0, 0.05) is 19.4 Å². The van der Waals surface area contributed by atoms with Crippen LogP contribution in [0.15, 0.2) is 12.4 Å². The Balaban J connectivity index is 2.41. The van der Waals surface area contributed by atoms with Gasteiger partial charge in [0.25, 0.3) is 0 Å². The van der Waals surface area contributed by atoms with Crippen molar-refractivity contribution in [1.82, 2.24) is 14.9 Å². The van der Waals surface area contributed by atoms with Crippen LogP contribution in [0.25, 0.3) is 0 Å². The van der Waals surface area contributed by atoms with Crippen LogP contribution in [0.4, 0.5) is 0 Å². The summed E-state index contributed by atoms with van der Waals surface area (Å²) in [5, 5.41) is 2.58. The molecule has 5 N–H and O–H groups in total. The van der Waals surface area contributed by atoms with Crippen LogP contribution >= 0.6 is 0 Å². The smallest absolute Gasteiger partial charge is 0.237 e. The molecular formula is C9H15N5O2. The van der Waals surface area contributed by atoms with Gasteiger partial charge in [0.1, 0.15) is 5.82 Å². The molecule has 7 heteroatoms. The van der Waals surface area contributed by atoms with Crippen molar-refractivity contribution in [3.8, 4) is 0 Å². The highest BCUT2D eigenvalue weighted by Crippen LogP contribution is 1.94. The van der Waals surface area contributed by atoms with Gasteiger partial charge >= 0.3 is 0 Å². The second kappa shape index (κ2) is 5.26. The second-order valence-corrected chi connectivity index (χ2v) is 3.45. The fourth-order valence-electron chi connectivity index (χ4n) is 1.17. The summed E-state index contributed by atoms with van der Waals surface area (Å²) in [6.45, 7) is 0.273. The number of nitrogens with two attached hydrogens (primary N) is 2. The zero-order valence-corrected chi connectivity index (χ0v) is 9.01. The minimum absolute atomic E-state index is 0.160. The quantitative estimate of drug-likeness (QED) is 0.550. The van der Waals surface area contributed by atoms with E-state index in [-0.39, 0.29) is 13.0 Å². The molecule has 0 bridgehead atoms. The number of carbonyl (C=O) groups excluding carboxylic acids is 2. The molecule has 0 radical (unpaired) electrons. The molecule has 1 atom stereocenters. The Hall–Kier alpha value is -1.89. The summed E-state index contributed by atoms with van der Waals surface area (Å²) < 4.78 is 1.78. The van der Waals surface area contributed by atoms with Gasteiger partial charge < -0.3 is 21.4 Å². The maximum atomic E-state index is 11.4. The van der Waals surface area contributed by atoms with Crippen LogP contribution in [0.1, 0.15) is 12.2 Å². The average Bonchev–Trinajstić information content (AvgIpc) is 2.59. The molecule has 1 aromatic rings. The lowest BCUT2D eigenvalue weighted by Crippen LogP contribution is -2.42. The molecule has 1 aromatic heterocycles. The first-order chi connectivity index (χ1) is 7.50. The van der Waals surface area contributed by atoms with E-state index in [1.54, 1.807) is 17.0 Å². The highest BCUT2D eigenvalue weighted by molar-refractivity contribution is 5.87. The lowest BCUT2D eigenvalue weighted by molar-refractivity contribution is -0.126. The summed E-state index contributed by atoms with van der Waals surface area (Å²) in [7, 11) is 1.82. The number of rotatable bonds is 5. The van der Waals surface area contributed by atoms with Crippen molar-refractivity contribution in [2.45, 2.75) is 19.0 Å². The first-order valence-corrected chi connectivity index (χ1v) is 4.78. The fraction of sp³-hybridized carbons (Fsp3) is 0.444. The molecule has 7 nitrogen and oxygen atoms in total. The highest BCUT2D eigenvalue weighted by atomic mass is 16.2. The minimum Gasteiger partial charge on any atom is -0.370 e. The number of amides is 2. The number of nitrogens with zero attached hydrogens (tertiary/aromatic N) is 2. The van der Waals surface area contributed by atoms with E-state index < -0.39 is 17.9 Å². The number of nitrogens with one attached hydrogen (secondary N) is 1. The van der Waals surface area contributed by atoms with Gasteiger partial charge in [-0.15, -0.1) is 0 Å². The molecule has 0 saturated heterocycles. The van der Waals surface area contributed by atoms with Gasteiger partial charge in [-0.1, -0.05) is 0 Å². The molecule has 16 heavy (non-hydrogen) atoms. The van der Waals surface area contributed by atoms with E-state index in [9.17, 15) is 9.59 Å². The van der Waals surface area contributed by atoms with Crippen LogP contribution in [-0.2, 0) is 23.2 Å². The standard InChI is InChI=1S/C9H15N5O2/c1-14-3-2-12-8(14)5-13-9(16)6(10)4-7(11)15/h2-3,6H,4-5,10H2,1H3,(H2,11,15)(H,13,16). The molecule has 0 aromatic carbocycles. The molecule has 0 aliphatic heterocycles. The Kier molecular flexibility index (Phi) is 4.01. The first kappa shape index (κ1) is 12.2. The van der Waals surface area contributed by atoms with Gasteiger partial charge in [-0.2, -0.15) is 0 Å². The topological polar surface area (TPSA) is 116 Å². The van der Waals surface area contributed by atoms with Crippen LogP contribution in [0, 0.1) is 0 Å². The average molecular weight is 225 g/mol. The molecule has 88 valence electrons. The van der Waals surface area contributed by atoms with Crippen molar-refractivity contribution in [2.24, 2.45) is 18.5 Å². The summed E-state index contributed by atoms with van der Waals surface area (Å²) in [6.07, 6.45) is 3.24. The third-order valence-electron chi connectivity index (χ3n) is 2.10. The van der Waals surface area contributed by atoms with Crippen LogP contribution in [0.2, 0.25) is 0 Å². The van der Waals surface area contributed by atoms with Crippen molar-refractivity contribution in [3.63, 3.8) is 0 Å². The van der Waals surface area contributed by atoms with Gasteiger partial charge in [0.15, 0.2) is 0 Å². The maximum absolute atomic E-state index is 11.4. The van der Waals surface area contributed by atoms with Crippen molar-refractivity contribution < 1.29 is 9.59 Å². The number of aromatic nitrogens is 2. The number of imidazole rings is 1. The number of hydrogen-bond acceptors (Lipinski definition) is 4. The molecule has 0 saturated carbocycles. The van der Waals surface area contributed by atoms with Crippen molar-refractivity contribution in [2.75, 3.05) is 0 Å². The van der Waals surface area contributed by atoms with Crippen LogP contribution in [0.3, 0.4) is 0 Å². The van der Waals surface area contributed by atoms with Gasteiger partial charge in [0.2, 0.25) is 11.8 Å². The number of carbonyl (C=O) groups is 2. The highest BCUT2D eigenvalue weighted by Gasteiger charge is 2.15. The van der Waals surface area contributed by atoms with E-state index >= 15 is 0 Å². The molecule has 0 aliphatic carbocycles. The third kappa shape index (κ3) is 3.35. The normalized spacial score (nSPS) is 12.1. The summed E-state index contributed by atoms with van der Waals surface area (Å²) in [4.78, 5) is 26.0. The van der Waals surface area contributed by atoms with Crippen LogP contribution < -0.4 is 16.8 Å². The second-order valence-electron chi connectivity index (χ2n) is 3.45. The Bertz CT molecular complexity index is 387. The van der Waals surface area contributed by atoms with E-state index in [4.69, 9.17) is 11.5 Å². The number of aryl methyl sites for hydroxylation is 1. The first-order valence-electron chi connectivity index (χ1n) is 4.78. The van der Waals surface area contributed by atoms with E-state index in [1.165, 1.54) is 0 Å². The molecule has 2 amide bonds. The summed E-state index contributed by atoms with van der Waals surface area (Å²) in [6, 6.07) is -0.905. The fourth-order valence-corrected chi connectivity index (χ4v) is 1.17. The zero-order chi connectivity index (χ0) is 12.1. The van der Waals surface area contributed by atoms with Gasteiger partial charge in [-0.3, -0.25) is 9.59 Å². The summed E-state index contributed by atoms with van der Waals surface area (Å²) in [5.74, 6) is -0.305. The lowest BCUT2D eigenvalue weighted by Gasteiger charge is -2.10. The Morgan fingerprint density at radius 2 is 2.31 bits per heavy atom. The molecular weight excluding hydrogens is 210 g/mol. The van der Waals surface area contributed by atoms with Crippen molar-refractivity contribution in [3.05, 3.63) is 18.2 Å². The van der Waals surface area contributed by atoms with Gasteiger partial charge in [0.05, 0.1) is 19.0 Å². The van der Waals surface area contributed by atoms with Crippen LogP contribution in [0.5, 0.6) is 0 Å². The number of primary amides is 1. The van der Waals surface area contributed by atoms with Gasteiger partial charge in [-0.25, -0.2) is 4.98 Å². The van der Waals surface area contributed by atoms with E-state index in [1.807, 2.05) is 7.05 Å². The summed E-state index contributed by atoms with van der Waals surface area (Å²) in [5.41, 5.74) is 10.4. The molecule has 0 fully saturated rings. The Morgan fingerprint density at radius 1 is 1.62 bits per heavy atom. The Labute approximate surface area is 92.8 Å². The SMILES string of the molecule is Cn1ccnc1CNC(=O)C(N)CC(N)=O. The lowest BCUT2D eigenvalue weighted by atomic mass is 10.2. The molecule has 0 aliphatic rings. The van der Waals surface area contributed by atoms with Crippen molar-refractivity contribution in [1.29, 1.82) is 0 Å². The van der Waals surface area contributed by atoms with Crippen molar-refractivity contribution >= 4 is 11.8 Å². The molecule has 1 unspecified atom stereocenters. The van der Waals surface area contributed by atoms with Gasteiger partial charge in [-0.05, 0) is 0 Å². The predicted octanol–water partition coefficient (Wildman–Crippen LogP) is -1.76. The number of hydrogen-bond donors (Lipinski definition) is 3. The zero-order valence-electron chi connectivity index (χ0n) is 9.01. The van der Waals surface area contributed by atoms with Crippen LogP contribution in [-0.4, -0.2) is 27.4 Å². The maximum Gasteiger partial charge on any atom is 0.237 e. The molecule has 1 heterocycles. The monoisotopic (exact) mass is 225 g/mol. The Morgan fingerprint density at radius 3 is 2.81 bits per heavy atom. The molecule has 0 spiro atoms. The van der Waals surface area contributed by atoms with E-state index in [2.05, 4.69) is 10.3 Å². The third-order valence-corrected chi connectivity index (χ3v) is 2.10. The summed E-state index contributed by atoms with van der Waals surface area (Å²) >= 11 is 0. The largest absolute Gasteiger partial charge is 0.370 e. The van der Waals surface area contributed by atoms with E-state index in [0.717, 1.165) is 0 Å². The molecule has 1 rings (SSSR count). The predicted molar refractivity (Wildman–Crippen MR) is 56.8 cm³/mol. The van der Waals surface area contributed by atoms with E-state index in [0.29, 0.717) is 5.82 Å².